The molecule has 2 heterocycles. The minimum atomic E-state index is -0.611. The summed E-state index contributed by atoms with van der Waals surface area (Å²) in [5.74, 6) is -1.87. The van der Waals surface area contributed by atoms with Crippen molar-refractivity contribution in [1.82, 2.24) is 15.5 Å². The summed E-state index contributed by atoms with van der Waals surface area (Å²) in [4.78, 5) is 50.9. The molecule has 166 valence electrons. The molecule has 3 amide bonds. The SMILES string of the molecule is CCOC(=O)C1=C(COC(=O)C2CC(=O)N(C(C)c3ccccc3)C2)NC(=O)NC1C. The largest absolute Gasteiger partial charge is 0.463 e. The number of urea groups is 1. The van der Waals surface area contributed by atoms with E-state index in [1.807, 2.05) is 37.3 Å². The molecule has 2 aliphatic rings. The highest BCUT2D eigenvalue weighted by atomic mass is 16.5. The van der Waals surface area contributed by atoms with E-state index in [9.17, 15) is 19.2 Å². The van der Waals surface area contributed by atoms with Crippen LogP contribution in [0.4, 0.5) is 4.79 Å². The van der Waals surface area contributed by atoms with Crippen LogP contribution in [0.3, 0.4) is 0 Å². The summed E-state index contributed by atoms with van der Waals surface area (Å²) in [5.41, 5.74) is 1.37. The minimum absolute atomic E-state index is 0.0596. The first kappa shape index (κ1) is 22.3. The third-order valence-electron chi connectivity index (χ3n) is 5.47. The van der Waals surface area contributed by atoms with Crippen LogP contribution in [-0.4, -0.2) is 54.6 Å². The molecule has 3 rings (SSSR count). The molecule has 9 nitrogen and oxygen atoms in total. The van der Waals surface area contributed by atoms with Crippen LogP contribution in [0, 0.1) is 5.92 Å². The normalized spacial score (nSPS) is 22.0. The van der Waals surface area contributed by atoms with Gasteiger partial charge in [-0.25, -0.2) is 9.59 Å². The van der Waals surface area contributed by atoms with Gasteiger partial charge < -0.3 is 25.0 Å². The van der Waals surface area contributed by atoms with E-state index in [1.54, 1.807) is 18.7 Å². The predicted molar refractivity (Wildman–Crippen MR) is 110 cm³/mol. The Labute approximate surface area is 180 Å². The molecule has 1 saturated heterocycles. The van der Waals surface area contributed by atoms with E-state index in [0.29, 0.717) is 0 Å². The second-order valence-electron chi connectivity index (χ2n) is 7.57. The zero-order valence-electron chi connectivity index (χ0n) is 17.8. The van der Waals surface area contributed by atoms with E-state index in [1.165, 1.54) is 0 Å². The van der Waals surface area contributed by atoms with Gasteiger partial charge in [-0.05, 0) is 26.3 Å². The molecule has 0 saturated carbocycles. The first-order chi connectivity index (χ1) is 14.8. The summed E-state index contributed by atoms with van der Waals surface area (Å²) in [6.07, 6.45) is 0.0596. The summed E-state index contributed by atoms with van der Waals surface area (Å²) >= 11 is 0. The second kappa shape index (κ2) is 9.63. The fraction of sp³-hybridized carbons (Fsp3) is 0.455. The van der Waals surface area contributed by atoms with E-state index in [0.717, 1.165) is 5.56 Å². The highest BCUT2D eigenvalue weighted by Gasteiger charge is 2.38. The van der Waals surface area contributed by atoms with Crippen molar-refractivity contribution in [3.8, 4) is 0 Å². The number of ether oxygens (including phenoxy) is 2. The number of hydrogen-bond donors (Lipinski definition) is 2. The lowest BCUT2D eigenvalue weighted by atomic mass is 10.0. The van der Waals surface area contributed by atoms with Crippen LogP contribution in [0.2, 0.25) is 0 Å². The lowest BCUT2D eigenvalue weighted by Crippen LogP contribution is -2.50. The lowest BCUT2D eigenvalue weighted by molar-refractivity contribution is -0.148. The van der Waals surface area contributed by atoms with Gasteiger partial charge in [-0.15, -0.1) is 0 Å². The molecule has 0 aliphatic carbocycles. The minimum Gasteiger partial charge on any atom is -0.463 e. The highest BCUT2D eigenvalue weighted by Crippen LogP contribution is 2.29. The Hall–Kier alpha value is -3.36. The number of carbonyl (C=O) groups excluding carboxylic acids is 4. The summed E-state index contributed by atoms with van der Waals surface area (Å²) < 4.78 is 10.4. The molecule has 31 heavy (non-hydrogen) atoms. The second-order valence-corrected chi connectivity index (χ2v) is 7.57. The Balaban J connectivity index is 1.66. The average Bonchev–Trinajstić information content (AvgIpc) is 3.13. The third kappa shape index (κ3) is 5.04. The predicted octanol–water partition coefficient (Wildman–Crippen LogP) is 1.66. The molecular weight excluding hydrogens is 402 g/mol. The van der Waals surface area contributed by atoms with Crippen molar-refractivity contribution in [3.05, 3.63) is 47.2 Å². The van der Waals surface area contributed by atoms with Gasteiger partial charge in [0.05, 0.1) is 35.9 Å². The van der Waals surface area contributed by atoms with Crippen LogP contribution < -0.4 is 10.6 Å². The van der Waals surface area contributed by atoms with Crippen LogP contribution in [-0.2, 0) is 23.9 Å². The average molecular weight is 429 g/mol. The number of amides is 3. The van der Waals surface area contributed by atoms with Crippen LogP contribution in [0.25, 0.3) is 0 Å². The zero-order chi connectivity index (χ0) is 22.5. The molecule has 2 aliphatic heterocycles. The van der Waals surface area contributed by atoms with Gasteiger partial charge >= 0.3 is 18.0 Å². The summed E-state index contributed by atoms with van der Waals surface area (Å²) in [6.45, 7) is 5.38. The Morgan fingerprint density at radius 2 is 1.90 bits per heavy atom. The number of likely N-dealkylation sites (tertiary alicyclic amines) is 1. The molecule has 0 bridgehead atoms. The maximum atomic E-state index is 12.6. The summed E-state index contributed by atoms with van der Waals surface area (Å²) in [6, 6.07) is 8.35. The number of esters is 2. The Morgan fingerprint density at radius 3 is 2.58 bits per heavy atom. The molecule has 3 atom stereocenters. The van der Waals surface area contributed by atoms with Crippen molar-refractivity contribution in [2.75, 3.05) is 19.8 Å². The molecule has 1 aromatic carbocycles. The van der Waals surface area contributed by atoms with Gasteiger partial charge in [0.25, 0.3) is 0 Å². The molecular formula is C22H27N3O6. The number of rotatable bonds is 7. The first-order valence-corrected chi connectivity index (χ1v) is 10.3. The van der Waals surface area contributed by atoms with Gasteiger partial charge in [-0.2, -0.15) is 0 Å². The molecule has 0 aromatic heterocycles. The van der Waals surface area contributed by atoms with Crippen molar-refractivity contribution in [1.29, 1.82) is 0 Å². The summed E-state index contributed by atoms with van der Waals surface area (Å²) in [5, 5.41) is 5.09. The maximum Gasteiger partial charge on any atom is 0.338 e. The van der Waals surface area contributed by atoms with E-state index in [2.05, 4.69) is 10.6 Å². The number of benzene rings is 1. The zero-order valence-corrected chi connectivity index (χ0v) is 17.8. The Morgan fingerprint density at radius 1 is 1.19 bits per heavy atom. The number of hydrogen-bond acceptors (Lipinski definition) is 6. The Kier molecular flexibility index (Phi) is 6.94. The van der Waals surface area contributed by atoms with Crippen LogP contribution in [0.1, 0.15) is 38.8 Å². The monoisotopic (exact) mass is 429 g/mol. The Bertz CT molecular complexity index is 898. The topological polar surface area (TPSA) is 114 Å². The molecule has 9 heteroatoms. The summed E-state index contributed by atoms with van der Waals surface area (Å²) in [7, 11) is 0. The van der Waals surface area contributed by atoms with E-state index in [4.69, 9.17) is 9.47 Å². The maximum absolute atomic E-state index is 12.6. The van der Waals surface area contributed by atoms with Crippen LogP contribution in [0.15, 0.2) is 41.6 Å². The molecule has 0 radical (unpaired) electrons. The van der Waals surface area contributed by atoms with E-state index in [-0.39, 0.29) is 49.4 Å². The third-order valence-corrected chi connectivity index (χ3v) is 5.47. The fourth-order valence-corrected chi connectivity index (χ4v) is 3.83. The quantitative estimate of drug-likeness (QED) is 0.637. The number of nitrogens with zero attached hydrogens (tertiary/aromatic N) is 1. The van der Waals surface area contributed by atoms with Crippen LogP contribution in [0.5, 0.6) is 0 Å². The molecule has 1 fully saturated rings. The smallest absolute Gasteiger partial charge is 0.338 e. The van der Waals surface area contributed by atoms with Gasteiger partial charge in [-0.1, -0.05) is 30.3 Å². The fourth-order valence-electron chi connectivity index (χ4n) is 3.83. The number of nitrogens with one attached hydrogen (secondary N) is 2. The standard InChI is InChI=1S/C22H27N3O6/c1-4-30-21(28)19-13(2)23-22(29)24-17(19)12-31-20(27)16-10-18(26)25(11-16)14(3)15-8-6-5-7-9-15/h5-9,13-14,16H,4,10-12H2,1-3H3,(H2,23,24,29). The van der Waals surface area contributed by atoms with Crippen molar-refractivity contribution in [2.45, 2.75) is 39.3 Å². The first-order valence-electron chi connectivity index (χ1n) is 10.3. The molecule has 3 unspecified atom stereocenters. The number of carbonyl (C=O) groups is 4. The van der Waals surface area contributed by atoms with Crippen molar-refractivity contribution in [2.24, 2.45) is 5.92 Å². The van der Waals surface area contributed by atoms with Crippen molar-refractivity contribution < 1.29 is 28.7 Å². The van der Waals surface area contributed by atoms with Crippen LogP contribution >= 0.6 is 0 Å². The van der Waals surface area contributed by atoms with Gasteiger partial charge in [0, 0.05) is 13.0 Å². The van der Waals surface area contributed by atoms with Gasteiger partial charge in [0.2, 0.25) is 5.91 Å². The van der Waals surface area contributed by atoms with Gasteiger partial charge in [0.15, 0.2) is 0 Å². The highest BCUT2D eigenvalue weighted by molar-refractivity contribution is 5.95. The van der Waals surface area contributed by atoms with E-state index < -0.39 is 29.9 Å². The van der Waals surface area contributed by atoms with Crippen molar-refractivity contribution >= 4 is 23.9 Å². The van der Waals surface area contributed by atoms with E-state index >= 15 is 0 Å². The van der Waals surface area contributed by atoms with Crippen molar-refractivity contribution in [3.63, 3.8) is 0 Å². The van der Waals surface area contributed by atoms with Gasteiger partial charge in [-0.3, -0.25) is 9.59 Å². The lowest BCUT2D eigenvalue weighted by Gasteiger charge is -2.27. The van der Waals surface area contributed by atoms with Gasteiger partial charge in [0.1, 0.15) is 6.61 Å². The molecule has 0 spiro atoms. The molecule has 1 aromatic rings. The molecule has 2 N–H and O–H groups in total.